The predicted octanol–water partition coefficient (Wildman–Crippen LogP) is 1.05. The molecule has 84 valence electrons. The Morgan fingerprint density at radius 1 is 1.14 bits per heavy atom. The van der Waals surface area contributed by atoms with Gasteiger partial charge in [0, 0.05) is 38.8 Å². The van der Waals surface area contributed by atoms with E-state index >= 15 is 0 Å². The van der Waals surface area contributed by atoms with E-state index in [4.69, 9.17) is 4.74 Å². The smallest absolute Gasteiger partial charge is 0.0589 e. The van der Waals surface area contributed by atoms with Gasteiger partial charge in [0.25, 0.3) is 0 Å². The molecule has 2 atom stereocenters. The van der Waals surface area contributed by atoms with Crippen molar-refractivity contribution in [3.8, 4) is 0 Å². The lowest BCUT2D eigenvalue weighted by Crippen LogP contribution is -2.56. The van der Waals surface area contributed by atoms with E-state index in [9.17, 15) is 0 Å². The lowest BCUT2D eigenvalue weighted by molar-refractivity contribution is 0.0298. The lowest BCUT2D eigenvalue weighted by atomic mass is 10.1. The summed E-state index contributed by atoms with van der Waals surface area (Å²) in [7, 11) is 1.77. The average Bonchev–Trinajstić information content (AvgIpc) is 2.18. The van der Waals surface area contributed by atoms with Crippen LogP contribution in [0.15, 0.2) is 0 Å². The third-order valence-corrected chi connectivity index (χ3v) is 3.23. The lowest BCUT2D eigenvalue weighted by Gasteiger charge is -2.43. The van der Waals surface area contributed by atoms with Crippen LogP contribution in [-0.2, 0) is 4.74 Å². The standard InChI is InChI=1S/C11H24N2O/c1-5-12-8-11(3)13(6-7-14-4)9-10(12)2/h10-11H,5-9H2,1-4H3/t10-,11-/m0/s1. The Morgan fingerprint density at radius 3 is 2.29 bits per heavy atom. The van der Waals surface area contributed by atoms with Crippen molar-refractivity contribution in [2.24, 2.45) is 0 Å². The molecule has 0 aromatic rings. The van der Waals surface area contributed by atoms with Crippen molar-refractivity contribution in [3.05, 3.63) is 0 Å². The van der Waals surface area contributed by atoms with E-state index in [1.54, 1.807) is 7.11 Å². The maximum Gasteiger partial charge on any atom is 0.0589 e. The summed E-state index contributed by atoms with van der Waals surface area (Å²) >= 11 is 0. The number of hydrogen-bond acceptors (Lipinski definition) is 3. The molecule has 0 spiro atoms. The van der Waals surface area contributed by atoms with Crippen LogP contribution in [0.1, 0.15) is 20.8 Å². The molecule has 1 fully saturated rings. The number of methoxy groups -OCH3 is 1. The molecule has 1 aliphatic rings. The monoisotopic (exact) mass is 200 g/mol. The van der Waals surface area contributed by atoms with E-state index in [-0.39, 0.29) is 0 Å². The SMILES string of the molecule is CCN1C[C@H](C)N(CCOC)C[C@@H]1C. The second-order valence-electron chi connectivity index (χ2n) is 4.27. The second-order valence-corrected chi connectivity index (χ2v) is 4.27. The van der Waals surface area contributed by atoms with Crippen molar-refractivity contribution >= 4 is 0 Å². The first-order valence-electron chi connectivity index (χ1n) is 5.66. The van der Waals surface area contributed by atoms with Crippen LogP contribution in [0.2, 0.25) is 0 Å². The molecule has 0 N–H and O–H groups in total. The molecule has 3 nitrogen and oxygen atoms in total. The summed E-state index contributed by atoms with van der Waals surface area (Å²) in [4.78, 5) is 5.08. The Bertz CT molecular complexity index is 163. The summed E-state index contributed by atoms with van der Waals surface area (Å²) in [5.41, 5.74) is 0. The molecule has 0 bridgehead atoms. The van der Waals surface area contributed by atoms with Gasteiger partial charge in [-0.05, 0) is 20.4 Å². The highest BCUT2D eigenvalue weighted by atomic mass is 16.5. The van der Waals surface area contributed by atoms with Gasteiger partial charge in [0.2, 0.25) is 0 Å². The van der Waals surface area contributed by atoms with Crippen molar-refractivity contribution in [1.82, 2.24) is 9.80 Å². The minimum absolute atomic E-state index is 0.668. The molecular formula is C11H24N2O. The Morgan fingerprint density at radius 2 is 1.71 bits per heavy atom. The van der Waals surface area contributed by atoms with Crippen molar-refractivity contribution < 1.29 is 4.74 Å². The number of piperazine rings is 1. The summed E-state index contributed by atoms with van der Waals surface area (Å²) in [5.74, 6) is 0. The minimum Gasteiger partial charge on any atom is -0.383 e. The quantitative estimate of drug-likeness (QED) is 0.674. The predicted molar refractivity (Wildman–Crippen MR) is 59.6 cm³/mol. The van der Waals surface area contributed by atoms with E-state index in [2.05, 4.69) is 30.6 Å². The van der Waals surface area contributed by atoms with Crippen molar-refractivity contribution in [2.45, 2.75) is 32.9 Å². The zero-order chi connectivity index (χ0) is 10.6. The second kappa shape index (κ2) is 5.69. The van der Waals surface area contributed by atoms with E-state index in [1.165, 1.54) is 19.6 Å². The van der Waals surface area contributed by atoms with Gasteiger partial charge >= 0.3 is 0 Å². The topological polar surface area (TPSA) is 15.7 Å². The maximum absolute atomic E-state index is 5.13. The number of hydrogen-bond donors (Lipinski definition) is 0. The van der Waals surface area contributed by atoms with Gasteiger partial charge in [-0.15, -0.1) is 0 Å². The molecule has 1 aliphatic heterocycles. The van der Waals surface area contributed by atoms with E-state index in [0.29, 0.717) is 12.1 Å². The molecule has 3 heteroatoms. The van der Waals surface area contributed by atoms with Gasteiger partial charge in [-0.1, -0.05) is 6.92 Å². The average molecular weight is 200 g/mol. The highest BCUT2D eigenvalue weighted by Crippen LogP contribution is 2.14. The van der Waals surface area contributed by atoms with Crippen LogP contribution >= 0.6 is 0 Å². The number of likely N-dealkylation sites (N-methyl/N-ethyl adjacent to an activating group) is 1. The summed E-state index contributed by atoms with van der Waals surface area (Å²) in [6.45, 7) is 12.3. The Kier molecular flexibility index (Phi) is 4.85. The molecule has 1 rings (SSSR count). The molecule has 0 radical (unpaired) electrons. The third-order valence-electron chi connectivity index (χ3n) is 3.23. The summed E-state index contributed by atoms with van der Waals surface area (Å²) in [6, 6.07) is 1.36. The van der Waals surface area contributed by atoms with Gasteiger partial charge in [-0.25, -0.2) is 0 Å². The third kappa shape index (κ3) is 2.94. The van der Waals surface area contributed by atoms with Crippen LogP contribution in [0.3, 0.4) is 0 Å². The largest absolute Gasteiger partial charge is 0.383 e. The van der Waals surface area contributed by atoms with Gasteiger partial charge in [-0.3, -0.25) is 9.80 Å². The fraction of sp³-hybridized carbons (Fsp3) is 1.00. The highest BCUT2D eigenvalue weighted by Gasteiger charge is 2.27. The first-order valence-corrected chi connectivity index (χ1v) is 5.66. The van der Waals surface area contributed by atoms with Gasteiger partial charge < -0.3 is 4.74 Å². The molecule has 1 saturated heterocycles. The molecule has 0 aromatic carbocycles. The van der Waals surface area contributed by atoms with Crippen molar-refractivity contribution in [3.63, 3.8) is 0 Å². The van der Waals surface area contributed by atoms with Crippen LogP contribution in [0, 0.1) is 0 Å². The van der Waals surface area contributed by atoms with Gasteiger partial charge in [0.15, 0.2) is 0 Å². The number of ether oxygens (including phenoxy) is 1. The Balaban J connectivity index is 2.40. The van der Waals surface area contributed by atoms with E-state index in [1.807, 2.05) is 0 Å². The van der Waals surface area contributed by atoms with Crippen LogP contribution in [0.25, 0.3) is 0 Å². The first-order chi connectivity index (χ1) is 6.69. The Hall–Kier alpha value is -0.120. The molecule has 1 heterocycles. The zero-order valence-corrected chi connectivity index (χ0v) is 9.99. The number of rotatable bonds is 4. The molecule has 14 heavy (non-hydrogen) atoms. The number of nitrogens with zero attached hydrogens (tertiary/aromatic N) is 2. The minimum atomic E-state index is 0.668. The first kappa shape index (κ1) is 12.0. The van der Waals surface area contributed by atoms with E-state index < -0.39 is 0 Å². The molecule has 0 saturated carbocycles. The van der Waals surface area contributed by atoms with E-state index in [0.717, 1.165) is 13.2 Å². The summed E-state index contributed by atoms with van der Waals surface area (Å²) < 4.78 is 5.13. The fourth-order valence-electron chi connectivity index (χ4n) is 2.23. The van der Waals surface area contributed by atoms with Gasteiger partial charge in [0.1, 0.15) is 0 Å². The van der Waals surface area contributed by atoms with Crippen LogP contribution < -0.4 is 0 Å². The summed E-state index contributed by atoms with van der Waals surface area (Å²) in [5, 5.41) is 0. The molecule has 0 aromatic heterocycles. The van der Waals surface area contributed by atoms with Crippen molar-refractivity contribution in [2.75, 3.05) is 39.9 Å². The van der Waals surface area contributed by atoms with Crippen LogP contribution in [0.4, 0.5) is 0 Å². The normalized spacial score (nSPS) is 30.9. The van der Waals surface area contributed by atoms with Gasteiger partial charge in [0.05, 0.1) is 6.61 Å². The zero-order valence-electron chi connectivity index (χ0n) is 9.99. The summed E-state index contributed by atoms with van der Waals surface area (Å²) in [6.07, 6.45) is 0. The van der Waals surface area contributed by atoms with Crippen molar-refractivity contribution in [1.29, 1.82) is 0 Å². The van der Waals surface area contributed by atoms with Gasteiger partial charge in [-0.2, -0.15) is 0 Å². The maximum atomic E-state index is 5.13. The molecular weight excluding hydrogens is 176 g/mol. The van der Waals surface area contributed by atoms with Crippen LogP contribution in [0.5, 0.6) is 0 Å². The fourth-order valence-corrected chi connectivity index (χ4v) is 2.23. The highest BCUT2D eigenvalue weighted by molar-refractivity contribution is 4.83. The van der Waals surface area contributed by atoms with Crippen LogP contribution in [-0.4, -0.2) is 61.8 Å². The molecule has 0 amide bonds. The molecule has 0 unspecified atom stereocenters. The molecule has 0 aliphatic carbocycles. The Labute approximate surface area is 88.0 Å².